The third-order valence-electron chi connectivity index (χ3n) is 3.99. The molecule has 0 aromatic rings. The van der Waals surface area contributed by atoms with Crippen LogP contribution in [0, 0.1) is 11.8 Å². The Balaban J connectivity index is 2.54. The summed E-state index contributed by atoms with van der Waals surface area (Å²) >= 11 is 0. The van der Waals surface area contributed by atoms with E-state index >= 15 is 0 Å². The van der Waals surface area contributed by atoms with E-state index in [-0.39, 0.29) is 18.7 Å². The third-order valence-corrected chi connectivity index (χ3v) is 3.99. The topological polar surface area (TPSA) is 49.5 Å². The number of rotatable bonds is 4. The van der Waals surface area contributed by atoms with Crippen molar-refractivity contribution in [2.75, 3.05) is 19.7 Å². The second kappa shape index (κ2) is 5.83. The number of aliphatic hydroxyl groups excluding tert-OH is 1. The number of hydrogen-bond donors (Lipinski definition) is 2. The van der Waals surface area contributed by atoms with Gasteiger partial charge in [-0.25, -0.2) is 0 Å². The summed E-state index contributed by atoms with van der Waals surface area (Å²) in [5, 5.41) is 9.41. The van der Waals surface area contributed by atoms with Gasteiger partial charge in [0, 0.05) is 18.6 Å². The van der Waals surface area contributed by atoms with Gasteiger partial charge in [0.15, 0.2) is 0 Å². The standard InChI is InChI=1S/C12H26N2O/c1-4-11(13)12(8-15)14-6-5-9(2)10(3)7-14/h9-12,15H,4-8,13H2,1-3H3. The lowest BCUT2D eigenvalue weighted by Crippen LogP contribution is -2.54. The Kier molecular flexibility index (Phi) is 5.03. The van der Waals surface area contributed by atoms with Gasteiger partial charge < -0.3 is 10.8 Å². The minimum atomic E-state index is 0.107. The Labute approximate surface area is 93.6 Å². The van der Waals surface area contributed by atoms with Crippen LogP contribution in [-0.4, -0.2) is 41.8 Å². The van der Waals surface area contributed by atoms with E-state index in [9.17, 15) is 5.11 Å². The van der Waals surface area contributed by atoms with Gasteiger partial charge in [-0.3, -0.25) is 4.90 Å². The first-order valence-electron chi connectivity index (χ1n) is 6.20. The summed E-state index contributed by atoms with van der Waals surface area (Å²) in [7, 11) is 0. The van der Waals surface area contributed by atoms with E-state index in [1.807, 2.05) is 0 Å². The molecule has 0 aliphatic carbocycles. The molecule has 1 rings (SSSR count). The van der Waals surface area contributed by atoms with Gasteiger partial charge in [-0.05, 0) is 31.2 Å². The highest BCUT2D eigenvalue weighted by molar-refractivity contribution is 4.85. The van der Waals surface area contributed by atoms with Crippen molar-refractivity contribution in [1.29, 1.82) is 0 Å². The minimum Gasteiger partial charge on any atom is -0.395 e. The maximum Gasteiger partial charge on any atom is 0.0601 e. The normalized spacial score (nSPS) is 32.6. The van der Waals surface area contributed by atoms with Gasteiger partial charge in [-0.15, -0.1) is 0 Å². The molecule has 0 bridgehead atoms. The van der Waals surface area contributed by atoms with Crippen LogP contribution in [0.15, 0.2) is 0 Å². The molecular weight excluding hydrogens is 188 g/mol. The van der Waals surface area contributed by atoms with Crippen LogP contribution in [0.2, 0.25) is 0 Å². The number of likely N-dealkylation sites (tertiary alicyclic amines) is 1. The van der Waals surface area contributed by atoms with Crippen LogP contribution in [0.5, 0.6) is 0 Å². The molecule has 0 aromatic carbocycles. The van der Waals surface area contributed by atoms with Crippen LogP contribution in [-0.2, 0) is 0 Å². The predicted molar refractivity (Wildman–Crippen MR) is 63.7 cm³/mol. The second-order valence-electron chi connectivity index (χ2n) is 5.06. The summed E-state index contributed by atoms with van der Waals surface area (Å²) < 4.78 is 0. The van der Waals surface area contributed by atoms with Gasteiger partial charge in [0.05, 0.1) is 6.61 Å². The van der Waals surface area contributed by atoms with E-state index in [0.29, 0.717) is 0 Å². The van der Waals surface area contributed by atoms with E-state index in [0.717, 1.165) is 31.3 Å². The zero-order valence-electron chi connectivity index (χ0n) is 10.3. The Morgan fingerprint density at radius 1 is 1.40 bits per heavy atom. The van der Waals surface area contributed by atoms with Gasteiger partial charge in [0.25, 0.3) is 0 Å². The summed E-state index contributed by atoms with van der Waals surface area (Å²) in [4.78, 5) is 2.37. The van der Waals surface area contributed by atoms with Gasteiger partial charge in [0.2, 0.25) is 0 Å². The van der Waals surface area contributed by atoms with Crippen LogP contribution in [0.3, 0.4) is 0 Å². The van der Waals surface area contributed by atoms with Gasteiger partial charge in [0.1, 0.15) is 0 Å². The van der Waals surface area contributed by atoms with Gasteiger partial charge in [-0.1, -0.05) is 20.8 Å². The van der Waals surface area contributed by atoms with Crippen molar-refractivity contribution in [2.24, 2.45) is 17.6 Å². The van der Waals surface area contributed by atoms with E-state index in [1.54, 1.807) is 0 Å². The van der Waals surface area contributed by atoms with Crippen LogP contribution in [0.25, 0.3) is 0 Å². The Hall–Kier alpha value is -0.120. The molecule has 1 aliphatic rings. The first-order valence-corrected chi connectivity index (χ1v) is 6.20. The van der Waals surface area contributed by atoms with Crippen LogP contribution < -0.4 is 5.73 Å². The van der Waals surface area contributed by atoms with Crippen molar-refractivity contribution in [2.45, 2.75) is 45.7 Å². The molecule has 0 radical (unpaired) electrons. The highest BCUT2D eigenvalue weighted by atomic mass is 16.3. The van der Waals surface area contributed by atoms with Crippen molar-refractivity contribution >= 4 is 0 Å². The molecule has 1 fully saturated rings. The molecule has 90 valence electrons. The van der Waals surface area contributed by atoms with E-state index < -0.39 is 0 Å². The maximum absolute atomic E-state index is 9.41. The van der Waals surface area contributed by atoms with E-state index in [1.165, 1.54) is 6.42 Å². The van der Waals surface area contributed by atoms with E-state index in [2.05, 4.69) is 25.7 Å². The molecule has 3 heteroatoms. The van der Waals surface area contributed by atoms with Crippen molar-refractivity contribution in [1.82, 2.24) is 4.90 Å². The van der Waals surface area contributed by atoms with Crippen molar-refractivity contribution in [3.63, 3.8) is 0 Å². The molecule has 0 aromatic heterocycles. The zero-order chi connectivity index (χ0) is 11.4. The first kappa shape index (κ1) is 12.9. The SMILES string of the molecule is CCC(N)C(CO)N1CCC(C)C(C)C1. The molecule has 1 heterocycles. The molecule has 4 unspecified atom stereocenters. The van der Waals surface area contributed by atoms with Crippen molar-refractivity contribution in [3.05, 3.63) is 0 Å². The summed E-state index contributed by atoms with van der Waals surface area (Å²) in [6, 6.07) is 0.264. The number of piperidine rings is 1. The fraction of sp³-hybridized carbons (Fsp3) is 1.00. The van der Waals surface area contributed by atoms with Gasteiger partial charge >= 0.3 is 0 Å². The number of hydrogen-bond acceptors (Lipinski definition) is 3. The minimum absolute atomic E-state index is 0.107. The van der Waals surface area contributed by atoms with Crippen LogP contribution >= 0.6 is 0 Å². The van der Waals surface area contributed by atoms with Crippen LogP contribution in [0.1, 0.15) is 33.6 Å². The highest BCUT2D eigenvalue weighted by Crippen LogP contribution is 2.24. The zero-order valence-corrected chi connectivity index (χ0v) is 10.3. The van der Waals surface area contributed by atoms with Crippen molar-refractivity contribution in [3.8, 4) is 0 Å². The molecule has 0 amide bonds. The van der Waals surface area contributed by atoms with Crippen molar-refractivity contribution < 1.29 is 5.11 Å². The van der Waals surface area contributed by atoms with Crippen LogP contribution in [0.4, 0.5) is 0 Å². The number of aliphatic hydroxyl groups is 1. The highest BCUT2D eigenvalue weighted by Gasteiger charge is 2.29. The lowest BCUT2D eigenvalue weighted by molar-refractivity contribution is 0.0490. The molecule has 0 saturated carbocycles. The summed E-state index contributed by atoms with van der Waals surface area (Å²) in [5.41, 5.74) is 6.04. The third kappa shape index (κ3) is 3.16. The number of nitrogens with two attached hydrogens (primary N) is 1. The molecule has 1 saturated heterocycles. The maximum atomic E-state index is 9.41. The summed E-state index contributed by atoms with van der Waals surface area (Å²) in [6.45, 7) is 9.06. The van der Waals surface area contributed by atoms with E-state index in [4.69, 9.17) is 5.73 Å². The molecule has 1 aliphatic heterocycles. The monoisotopic (exact) mass is 214 g/mol. The largest absolute Gasteiger partial charge is 0.395 e. The molecule has 15 heavy (non-hydrogen) atoms. The fourth-order valence-electron chi connectivity index (χ4n) is 2.39. The molecule has 3 nitrogen and oxygen atoms in total. The Morgan fingerprint density at radius 3 is 2.53 bits per heavy atom. The smallest absolute Gasteiger partial charge is 0.0601 e. The first-order chi connectivity index (χ1) is 7.10. The molecular formula is C12H26N2O. The Bertz CT molecular complexity index is 186. The second-order valence-corrected chi connectivity index (χ2v) is 5.06. The summed E-state index contributed by atoms with van der Waals surface area (Å²) in [6.07, 6.45) is 2.17. The average molecular weight is 214 g/mol. The fourth-order valence-corrected chi connectivity index (χ4v) is 2.39. The average Bonchev–Trinajstić information content (AvgIpc) is 2.24. The quantitative estimate of drug-likeness (QED) is 0.736. The lowest BCUT2D eigenvalue weighted by atomic mass is 9.87. The molecule has 4 atom stereocenters. The molecule has 0 spiro atoms. The Morgan fingerprint density at radius 2 is 2.07 bits per heavy atom. The predicted octanol–water partition coefficient (Wildman–Crippen LogP) is 1.06. The lowest BCUT2D eigenvalue weighted by Gasteiger charge is -2.41. The van der Waals surface area contributed by atoms with Gasteiger partial charge in [-0.2, -0.15) is 0 Å². The number of nitrogens with zero attached hydrogens (tertiary/aromatic N) is 1. The molecule has 3 N–H and O–H groups in total. The summed E-state index contributed by atoms with van der Waals surface area (Å²) in [5.74, 6) is 1.52.